The second kappa shape index (κ2) is 8.84. The summed E-state index contributed by atoms with van der Waals surface area (Å²) >= 11 is 0. The third-order valence-electron chi connectivity index (χ3n) is 4.16. The van der Waals surface area contributed by atoms with E-state index in [0.717, 1.165) is 16.8 Å². The van der Waals surface area contributed by atoms with Crippen LogP contribution in [0, 0.1) is 26.2 Å². The van der Waals surface area contributed by atoms with Gasteiger partial charge in [0.15, 0.2) is 11.5 Å². The van der Waals surface area contributed by atoms with Crippen LogP contribution in [0.2, 0.25) is 0 Å². The van der Waals surface area contributed by atoms with Gasteiger partial charge in [0, 0.05) is 17.8 Å². The highest BCUT2D eigenvalue weighted by molar-refractivity contribution is 5.55. The molecule has 3 nitrogen and oxygen atoms in total. The van der Waals surface area contributed by atoms with Gasteiger partial charge in [0.2, 0.25) is 0 Å². The highest BCUT2D eigenvalue weighted by Crippen LogP contribution is 2.34. The van der Waals surface area contributed by atoms with Crippen molar-refractivity contribution in [1.82, 2.24) is 0 Å². The monoisotopic (exact) mass is 335 g/mol. The fourth-order valence-electron chi connectivity index (χ4n) is 2.70. The van der Waals surface area contributed by atoms with Crippen LogP contribution >= 0.6 is 0 Å². The molecule has 0 heterocycles. The molecule has 0 bridgehead atoms. The largest absolute Gasteiger partial charge is 0.493 e. The zero-order chi connectivity index (χ0) is 18.2. The quantitative estimate of drug-likeness (QED) is 0.562. The fraction of sp³-hybridized carbons (Fsp3) is 0.273. The number of nitrogens with one attached hydrogen (secondary N) is 1. The minimum atomic E-state index is 0.209. The molecule has 0 aliphatic rings. The van der Waals surface area contributed by atoms with Crippen LogP contribution < -0.4 is 14.8 Å². The first-order valence-electron chi connectivity index (χ1n) is 8.27. The molecule has 0 aliphatic carbocycles. The van der Waals surface area contributed by atoms with E-state index in [4.69, 9.17) is 15.9 Å². The SMILES string of the molecule is C#CCOc1c(CC=C)cc(CNc2cccc(C)c2C)cc1OC. The van der Waals surface area contributed by atoms with E-state index >= 15 is 0 Å². The van der Waals surface area contributed by atoms with E-state index in [0.29, 0.717) is 24.5 Å². The average molecular weight is 335 g/mol. The zero-order valence-electron chi connectivity index (χ0n) is 15.2. The lowest BCUT2D eigenvalue weighted by atomic mass is 10.0. The lowest BCUT2D eigenvalue weighted by Gasteiger charge is -2.17. The maximum atomic E-state index is 5.68. The number of benzene rings is 2. The van der Waals surface area contributed by atoms with E-state index in [1.54, 1.807) is 7.11 Å². The average Bonchev–Trinajstić information content (AvgIpc) is 2.61. The van der Waals surface area contributed by atoms with Crippen LogP contribution in [0.3, 0.4) is 0 Å². The molecular formula is C22H25NO2. The van der Waals surface area contributed by atoms with Gasteiger partial charge in [-0.3, -0.25) is 0 Å². The van der Waals surface area contributed by atoms with Gasteiger partial charge in [-0.05, 0) is 55.2 Å². The van der Waals surface area contributed by atoms with Crippen molar-refractivity contribution in [3.63, 3.8) is 0 Å². The molecule has 2 aromatic rings. The second-order valence-corrected chi connectivity index (χ2v) is 5.87. The van der Waals surface area contributed by atoms with E-state index in [2.05, 4.69) is 55.9 Å². The summed E-state index contributed by atoms with van der Waals surface area (Å²) in [5, 5.41) is 3.50. The molecule has 1 N–H and O–H groups in total. The molecule has 0 spiro atoms. The highest BCUT2D eigenvalue weighted by Gasteiger charge is 2.13. The Morgan fingerprint density at radius 3 is 2.76 bits per heavy atom. The van der Waals surface area contributed by atoms with E-state index in [1.807, 2.05) is 12.1 Å². The number of methoxy groups -OCH3 is 1. The molecule has 130 valence electrons. The third kappa shape index (κ3) is 4.58. The smallest absolute Gasteiger partial charge is 0.166 e. The first-order valence-corrected chi connectivity index (χ1v) is 8.27. The van der Waals surface area contributed by atoms with Crippen molar-refractivity contribution >= 4 is 5.69 Å². The molecule has 3 heteroatoms. The van der Waals surface area contributed by atoms with Crippen molar-refractivity contribution in [2.45, 2.75) is 26.8 Å². The molecule has 0 atom stereocenters. The molecule has 0 saturated carbocycles. The Labute approximate surface area is 150 Å². The minimum absolute atomic E-state index is 0.209. The number of aryl methyl sites for hydroxylation is 1. The highest BCUT2D eigenvalue weighted by atomic mass is 16.5. The molecule has 0 fully saturated rings. The maximum Gasteiger partial charge on any atom is 0.166 e. The first kappa shape index (κ1) is 18.5. The number of terminal acetylenes is 1. The van der Waals surface area contributed by atoms with Gasteiger partial charge < -0.3 is 14.8 Å². The Morgan fingerprint density at radius 1 is 1.28 bits per heavy atom. The molecule has 0 unspecified atom stereocenters. The van der Waals surface area contributed by atoms with Gasteiger partial charge in [-0.1, -0.05) is 24.1 Å². The number of hydrogen-bond acceptors (Lipinski definition) is 3. The van der Waals surface area contributed by atoms with E-state index in [-0.39, 0.29) is 6.61 Å². The van der Waals surface area contributed by atoms with Crippen molar-refractivity contribution in [2.24, 2.45) is 0 Å². The molecule has 0 saturated heterocycles. The molecule has 25 heavy (non-hydrogen) atoms. The van der Waals surface area contributed by atoms with Gasteiger partial charge in [-0.15, -0.1) is 13.0 Å². The Kier molecular flexibility index (Phi) is 6.54. The van der Waals surface area contributed by atoms with Crippen LogP contribution in [0.4, 0.5) is 5.69 Å². The number of allylic oxidation sites excluding steroid dienone is 1. The summed E-state index contributed by atoms with van der Waals surface area (Å²) in [6.45, 7) is 8.97. The Balaban J connectivity index is 2.28. The van der Waals surface area contributed by atoms with E-state index < -0.39 is 0 Å². The van der Waals surface area contributed by atoms with Crippen LogP contribution in [0.15, 0.2) is 43.0 Å². The Morgan fingerprint density at radius 2 is 2.08 bits per heavy atom. The van der Waals surface area contributed by atoms with Crippen LogP contribution in [0.1, 0.15) is 22.3 Å². The summed E-state index contributed by atoms with van der Waals surface area (Å²) in [4.78, 5) is 0. The molecule has 2 aromatic carbocycles. The summed E-state index contributed by atoms with van der Waals surface area (Å²) in [5.41, 5.74) is 5.80. The predicted molar refractivity (Wildman–Crippen MR) is 104 cm³/mol. The minimum Gasteiger partial charge on any atom is -0.493 e. The summed E-state index contributed by atoms with van der Waals surface area (Å²) in [5.74, 6) is 3.87. The van der Waals surface area contributed by atoms with Crippen LogP contribution in [0.5, 0.6) is 11.5 Å². The number of ether oxygens (including phenoxy) is 2. The summed E-state index contributed by atoms with van der Waals surface area (Å²) in [6, 6.07) is 10.4. The lowest BCUT2D eigenvalue weighted by Crippen LogP contribution is -2.05. The fourth-order valence-corrected chi connectivity index (χ4v) is 2.70. The number of rotatable bonds is 8. The molecule has 2 rings (SSSR count). The first-order chi connectivity index (χ1) is 12.1. The molecule has 0 aliphatic heterocycles. The van der Waals surface area contributed by atoms with Crippen molar-refractivity contribution < 1.29 is 9.47 Å². The van der Waals surface area contributed by atoms with Crippen LogP contribution in [0.25, 0.3) is 0 Å². The normalized spacial score (nSPS) is 10.0. The topological polar surface area (TPSA) is 30.5 Å². The van der Waals surface area contributed by atoms with Crippen LogP contribution in [-0.2, 0) is 13.0 Å². The van der Waals surface area contributed by atoms with Crippen molar-refractivity contribution in [3.05, 3.63) is 65.2 Å². The van der Waals surface area contributed by atoms with Gasteiger partial charge in [0.05, 0.1) is 7.11 Å². The third-order valence-corrected chi connectivity index (χ3v) is 4.16. The molecular weight excluding hydrogens is 310 g/mol. The van der Waals surface area contributed by atoms with Crippen molar-refractivity contribution in [1.29, 1.82) is 0 Å². The Bertz CT molecular complexity index is 787. The zero-order valence-corrected chi connectivity index (χ0v) is 15.2. The molecule has 0 aromatic heterocycles. The Hall–Kier alpha value is -2.86. The lowest BCUT2D eigenvalue weighted by molar-refractivity contribution is 0.328. The van der Waals surface area contributed by atoms with Gasteiger partial charge in [-0.25, -0.2) is 0 Å². The van der Waals surface area contributed by atoms with Crippen molar-refractivity contribution in [3.8, 4) is 23.8 Å². The maximum absolute atomic E-state index is 5.68. The molecule has 0 amide bonds. The van der Waals surface area contributed by atoms with Gasteiger partial charge in [0.25, 0.3) is 0 Å². The summed E-state index contributed by atoms with van der Waals surface area (Å²) in [7, 11) is 1.64. The second-order valence-electron chi connectivity index (χ2n) is 5.87. The van der Waals surface area contributed by atoms with E-state index in [1.165, 1.54) is 11.1 Å². The van der Waals surface area contributed by atoms with Gasteiger partial charge in [0.1, 0.15) is 6.61 Å². The standard InChI is InChI=1S/C22H25NO2/c1-6-9-19-13-18(14-21(24-5)22(19)25-12-7-2)15-23-20-11-8-10-16(3)17(20)4/h2,6,8,10-11,13-14,23H,1,9,12,15H2,3-5H3. The van der Waals surface area contributed by atoms with Crippen molar-refractivity contribution in [2.75, 3.05) is 19.0 Å². The van der Waals surface area contributed by atoms with Gasteiger partial charge >= 0.3 is 0 Å². The van der Waals surface area contributed by atoms with Gasteiger partial charge in [-0.2, -0.15) is 0 Å². The summed E-state index contributed by atoms with van der Waals surface area (Å²) < 4.78 is 11.2. The van der Waals surface area contributed by atoms with Crippen LogP contribution in [-0.4, -0.2) is 13.7 Å². The predicted octanol–water partition coefficient (Wildman–Crippen LogP) is 4.66. The number of anilines is 1. The number of hydrogen-bond donors (Lipinski definition) is 1. The summed E-state index contributed by atoms with van der Waals surface area (Å²) in [6.07, 6.45) is 7.85. The molecule has 0 radical (unpaired) electrons. The van der Waals surface area contributed by atoms with E-state index in [9.17, 15) is 0 Å².